The highest BCUT2D eigenvalue weighted by Crippen LogP contribution is 2.19. The number of hydrogen-bond acceptors (Lipinski definition) is 3. The van der Waals surface area contributed by atoms with Crippen LogP contribution >= 0.6 is 15.9 Å². The quantitative estimate of drug-likeness (QED) is 0.885. The highest BCUT2D eigenvalue weighted by atomic mass is 79.9. The second-order valence-electron chi connectivity index (χ2n) is 4.09. The van der Waals surface area contributed by atoms with Gasteiger partial charge in [-0.2, -0.15) is 0 Å². The van der Waals surface area contributed by atoms with Crippen molar-refractivity contribution in [2.24, 2.45) is 0 Å². The average Bonchev–Trinajstić information content (AvgIpc) is 2.31. The summed E-state index contributed by atoms with van der Waals surface area (Å²) >= 11 is 3.44. The van der Waals surface area contributed by atoms with Crippen LogP contribution in [0.3, 0.4) is 0 Å². The summed E-state index contributed by atoms with van der Waals surface area (Å²) in [7, 11) is 0. The Bertz CT molecular complexity index is 326. The number of hydrogen-bond donors (Lipinski definition) is 2. The fraction of sp³-hybridized carbons (Fsp3) is 0.500. The SMILES string of the molecule is OCCC1CN(c2ccc(Br)cc2)CCN1. The number of nitrogens with zero attached hydrogens (tertiary/aromatic N) is 1. The van der Waals surface area contributed by atoms with Crippen LogP contribution in [0.2, 0.25) is 0 Å². The lowest BCUT2D eigenvalue weighted by Gasteiger charge is -2.35. The molecule has 1 fully saturated rings. The lowest BCUT2D eigenvalue weighted by atomic mass is 10.1. The minimum atomic E-state index is 0.256. The molecule has 1 saturated heterocycles. The Morgan fingerprint density at radius 3 is 2.81 bits per heavy atom. The van der Waals surface area contributed by atoms with Gasteiger partial charge in [0.05, 0.1) is 0 Å². The molecule has 1 unspecified atom stereocenters. The first kappa shape index (κ1) is 11.9. The zero-order chi connectivity index (χ0) is 11.4. The highest BCUT2D eigenvalue weighted by Gasteiger charge is 2.18. The maximum absolute atomic E-state index is 8.95. The Labute approximate surface area is 105 Å². The van der Waals surface area contributed by atoms with Gasteiger partial charge in [0.1, 0.15) is 0 Å². The summed E-state index contributed by atoms with van der Waals surface area (Å²) in [6, 6.07) is 8.80. The number of rotatable bonds is 3. The van der Waals surface area contributed by atoms with Crippen LogP contribution in [0.1, 0.15) is 6.42 Å². The van der Waals surface area contributed by atoms with E-state index in [1.54, 1.807) is 0 Å². The second-order valence-corrected chi connectivity index (χ2v) is 5.00. The number of benzene rings is 1. The fourth-order valence-electron chi connectivity index (χ4n) is 2.06. The van der Waals surface area contributed by atoms with Gasteiger partial charge in [0.15, 0.2) is 0 Å². The van der Waals surface area contributed by atoms with Gasteiger partial charge in [-0.05, 0) is 30.7 Å². The lowest BCUT2D eigenvalue weighted by molar-refractivity contribution is 0.260. The zero-order valence-corrected chi connectivity index (χ0v) is 10.8. The van der Waals surface area contributed by atoms with Crippen LogP contribution in [-0.4, -0.2) is 37.4 Å². The summed E-state index contributed by atoms with van der Waals surface area (Å²) in [5.74, 6) is 0. The van der Waals surface area contributed by atoms with Gasteiger partial charge < -0.3 is 15.3 Å². The van der Waals surface area contributed by atoms with Crippen molar-refractivity contribution >= 4 is 21.6 Å². The minimum absolute atomic E-state index is 0.256. The molecule has 1 aliphatic rings. The summed E-state index contributed by atoms with van der Waals surface area (Å²) < 4.78 is 1.11. The second kappa shape index (κ2) is 5.66. The van der Waals surface area contributed by atoms with Crippen LogP contribution in [0.5, 0.6) is 0 Å². The topological polar surface area (TPSA) is 35.5 Å². The van der Waals surface area contributed by atoms with Gasteiger partial charge >= 0.3 is 0 Å². The van der Waals surface area contributed by atoms with E-state index in [-0.39, 0.29) is 6.61 Å². The van der Waals surface area contributed by atoms with Gasteiger partial charge in [-0.3, -0.25) is 0 Å². The largest absolute Gasteiger partial charge is 0.396 e. The molecule has 2 rings (SSSR count). The van der Waals surface area contributed by atoms with Gasteiger partial charge in [-0.1, -0.05) is 15.9 Å². The Balaban J connectivity index is 2.01. The Hall–Kier alpha value is -0.580. The van der Waals surface area contributed by atoms with Gasteiger partial charge in [-0.25, -0.2) is 0 Å². The molecule has 2 N–H and O–H groups in total. The molecule has 1 aromatic carbocycles. The molecule has 3 nitrogen and oxygen atoms in total. The van der Waals surface area contributed by atoms with E-state index >= 15 is 0 Å². The number of aliphatic hydroxyl groups is 1. The van der Waals surface area contributed by atoms with E-state index in [1.165, 1.54) is 5.69 Å². The molecule has 0 saturated carbocycles. The highest BCUT2D eigenvalue weighted by molar-refractivity contribution is 9.10. The van der Waals surface area contributed by atoms with E-state index in [0.29, 0.717) is 6.04 Å². The van der Waals surface area contributed by atoms with Gasteiger partial charge in [0.25, 0.3) is 0 Å². The van der Waals surface area contributed by atoms with Crippen LogP contribution in [0, 0.1) is 0 Å². The van der Waals surface area contributed by atoms with Crippen LogP contribution in [-0.2, 0) is 0 Å². The minimum Gasteiger partial charge on any atom is -0.396 e. The molecular formula is C12H17BrN2O. The van der Waals surface area contributed by atoms with Crippen molar-refractivity contribution in [3.05, 3.63) is 28.7 Å². The van der Waals surface area contributed by atoms with Crippen LogP contribution in [0.15, 0.2) is 28.7 Å². The van der Waals surface area contributed by atoms with E-state index in [2.05, 4.69) is 50.4 Å². The normalized spacial score (nSPS) is 21.1. The van der Waals surface area contributed by atoms with Crippen LogP contribution < -0.4 is 10.2 Å². The molecular weight excluding hydrogens is 268 g/mol. The maximum atomic E-state index is 8.95. The first-order valence-electron chi connectivity index (χ1n) is 5.64. The molecule has 1 aromatic rings. The molecule has 1 aliphatic heterocycles. The Morgan fingerprint density at radius 2 is 2.12 bits per heavy atom. The smallest absolute Gasteiger partial charge is 0.0446 e. The molecule has 4 heteroatoms. The number of piperazine rings is 1. The summed E-state index contributed by atoms with van der Waals surface area (Å²) in [5.41, 5.74) is 1.26. The Kier molecular flexibility index (Phi) is 4.21. The fourth-order valence-corrected chi connectivity index (χ4v) is 2.33. The third-order valence-electron chi connectivity index (χ3n) is 2.92. The first-order valence-corrected chi connectivity index (χ1v) is 6.43. The average molecular weight is 285 g/mol. The van der Waals surface area contributed by atoms with Gasteiger partial charge in [0.2, 0.25) is 0 Å². The maximum Gasteiger partial charge on any atom is 0.0446 e. The van der Waals surface area contributed by atoms with E-state index in [0.717, 1.165) is 30.5 Å². The molecule has 1 atom stereocenters. The van der Waals surface area contributed by atoms with E-state index in [4.69, 9.17) is 5.11 Å². The van der Waals surface area contributed by atoms with E-state index in [1.807, 2.05) is 0 Å². The number of halogens is 1. The van der Waals surface area contributed by atoms with E-state index < -0.39 is 0 Å². The molecule has 0 bridgehead atoms. The van der Waals surface area contributed by atoms with Crippen molar-refractivity contribution < 1.29 is 5.11 Å². The summed E-state index contributed by atoms with van der Waals surface area (Å²) in [4.78, 5) is 2.36. The molecule has 0 aliphatic carbocycles. The van der Waals surface area contributed by atoms with Crippen molar-refractivity contribution in [3.63, 3.8) is 0 Å². The third kappa shape index (κ3) is 2.97. The van der Waals surface area contributed by atoms with Gasteiger partial charge in [-0.15, -0.1) is 0 Å². The third-order valence-corrected chi connectivity index (χ3v) is 3.45. The predicted octanol–water partition coefficient (Wildman–Crippen LogP) is 1.61. The molecule has 0 amide bonds. The summed E-state index contributed by atoms with van der Waals surface area (Å²) in [5, 5.41) is 12.4. The molecule has 88 valence electrons. The standard InChI is InChI=1S/C12H17BrN2O/c13-10-1-3-12(4-2-10)15-7-6-14-11(9-15)5-8-16/h1-4,11,14,16H,5-9H2. The number of nitrogens with one attached hydrogen (secondary N) is 1. The number of anilines is 1. The van der Waals surface area contributed by atoms with Crippen molar-refractivity contribution in [2.75, 3.05) is 31.1 Å². The molecule has 0 radical (unpaired) electrons. The number of aliphatic hydroxyl groups excluding tert-OH is 1. The monoisotopic (exact) mass is 284 g/mol. The molecule has 1 heterocycles. The molecule has 0 spiro atoms. The summed E-state index contributed by atoms with van der Waals surface area (Å²) in [6.07, 6.45) is 0.826. The van der Waals surface area contributed by atoms with Crippen LogP contribution in [0.25, 0.3) is 0 Å². The first-order chi connectivity index (χ1) is 7.79. The van der Waals surface area contributed by atoms with Crippen molar-refractivity contribution in [3.8, 4) is 0 Å². The van der Waals surface area contributed by atoms with Gasteiger partial charge in [0, 0.05) is 42.4 Å². The Morgan fingerprint density at radius 1 is 1.38 bits per heavy atom. The van der Waals surface area contributed by atoms with E-state index in [9.17, 15) is 0 Å². The van der Waals surface area contributed by atoms with Crippen molar-refractivity contribution in [2.45, 2.75) is 12.5 Å². The predicted molar refractivity (Wildman–Crippen MR) is 69.8 cm³/mol. The molecule has 0 aromatic heterocycles. The van der Waals surface area contributed by atoms with Crippen molar-refractivity contribution in [1.82, 2.24) is 5.32 Å². The zero-order valence-electron chi connectivity index (χ0n) is 9.19. The van der Waals surface area contributed by atoms with Crippen molar-refractivity contribution in [1.29, 1.82) is 0 Å². The molecule has 16 heavy (non-hydrogen) atoms. The summed E-state index contributed by atoms with van der Waals surface area (Å²) in [6.45, 7) is 3.25. The lowest BCUT2D eigenvalue weighted by Crippen LogP contribution is -2.51. The van der Waals surface area contributed by atoms with Crippen LogP contribution in [0.4, 0.5) is 5.69 Å².